The second-order valence-corrected chi connectivity index (χ2v) is 8.50. The van der Waals surface area contributed by atoms with Crippen LogP contribution in [0.1, 0.15) is 42.7 Å². The van der Waals surface area contributed by atoms with Crippen LogP contribution in [0, 0.1) is 5.92 Å². The van der Waals surface area contributed by atoms with Crippen molar-refractivity contribution in [2.24, 2.45) is 5.92 Å². The average Bonchev–Trinajstić information content (AvgIpc) is 3.36. The molecule has 0 bridgehead atoms. The predicted octanol–water partition coefficient (Wildman–Crippen LogP) is 8.34. The second kappa shape index (κ2) is 8.71. The first-order chi connectivity index (χ1) is 14.9. The van der Waals surface area contributed by atoms with Crippen LogP contribution in [0.5, 0.6) is 0 Å². The number of benzene rings is 4. The van der Waals surface area contributed by atoms with Gasteiger partial charge in [-0.25, -0.2) is 0 Å². The molecule has 5 rings (SSSR count). The molecule has 1 aliphatic rings. The standard InChI is InChI=1S/C30H28/c1-3-9-23(10-4-1)25-15-19-28(20-16-25)30(27-13-7-8-14-27)29-21-17-26(18-22-29)24-11-5-2-6-12-24/h1-6,9-12,15-22,27,30H,7-8,13-14H2. The van der Waals surface area contributed by atoms with Crippen LogP contribution in [0.25, 0.3) is 22.3 Å². The van der Waals surface area contributed by atoms with Crippen LogP contribution in [0.3, 0.4) is 0 Å². The van der Waals surface area contributed by atoms with E-state index in [-0.39, 0.29) is 0 Å². The minimum Gasteiger partial charge on any atom is -0.0622 e. The highest BCUT2D eigenvalue weighted by molar-refractivity contribution is 5.65. The summed E-state index contributed by atoms with van der Waals surface area (Å²) in [4.78, 5) is 0. The molecule has 4 aromatic carbocycles. The van der Waals surface area contributed by atoms with Gasteiger partial charge in [0.1, 0.15) is 0 Å². The Morgan fingerprint density at radius 1 is 0.433 bits per heavy atom. The molecule has 0 saturated heterocycles. The van der Waals surface area contributed by atoms with E-state index < -0.39 is 0 Å². The maximum atomic E-state index is 2.36. The summed E-state index contributed by atoms with van der Waals surface area (Å²) in [5.74, 6) is 1.23. The van der Waals surface area contributed by atoms with Crippen LogP contribution in [0.2, 0.25) is 0 Å². The largest absolute Gasteiger partial charge is 0.0622 e. The molecule has 0 nitrogen and oxygen atoms in total. The minimum absolute atomic E-state index is 0.488. The van der Waals surface area contributed by atoms with Crippen molar-refractivity contribution in [2.75, 3.05) is 0 Å². The quantitative estimate of drug-likeness (QED) is 0.322. The molecule has 30 heavy (non-hydrogen) atoms. The van der Waals surface area contributed by atoms with Crippen molar-refractivity contribution < 1.29 is 0 Å². The van der Waals surface area contributed by atoms with E-state index in [1.807, 2.05) is 0 Å². The van der Waals surface area contributed by atoms with Gasteiger partial charge in [0.05, 0.1) is 0 Å². The normalized spacial score (nSPS) is 14.3. The van der Waals surface area contributed by atoms with Gasteiger partial charge >= 0.3 is 0 Å². The number of rotatable bonds is 5. The number of hydrogen-bond donors (Lipinski definition) is 0. The Morgan fingerprint density at radius 2 is 0.800 bits per heavy atom. The van der Waals surface area contributed by atoms with E-state index in [1.54, 1.807) is 0 Å². The molecule has 0 N–H and O–H groups in total. The van der Waals surface area contributed by atoms with Crippen molar-refractivity contribution in [2.45, 2.75) is 31.6 Å². The third-order valence-electron chi connectivity index (χ3n) is 6.63. The summed E-state index contributed by atoms with van der Waals surface area (Å²) in [6.45, 7) is 0. The average molecular weight is 389 g/mol. The molecule has 0 spiro atoms. The van der Waals surface area contributed by atoms with Gasteiger partial charge in [0.2, 0.25) is 0 Å². The zero-order valence-electron chi connectivity index (χ0n) is 17.4. The summed E-state index contributed by atoms with van der Waals surface area (Å²) in [6.07, 6.45) is 5.41. The van der Waals surface area contributed by atoms with E-state index in [1.165, 1.54) is 59.1 Å². The Bertz CT molecular complexity index is 971. The van der Waals surface area contributed by atoms with E-state index in [0.717, 1.165) is 5.92 Å². The summed E-state index contributed by atoms with van der Waals surface area (Å²) in [5, 5.41) is 0. The fraction of sp³-hybridized carbons (Fsp3) is 0.200. The van der Waals surface area contributed by atoms with Crippen molar-refractivity contribution in [1.29, 1.82) is 0 Å². The molecule has 0 heterocycles. The Hall–Kier alpha value is -3.12. The Kier molecular flexibility index (Phi) is 5.48. The highest BCUT2D eigenvalue weighted by Crippen LogP contribution is 2.42. The molecule has 4 aromatic rings. The van der Waals surface area contributed by atoms with Crippen LogP contribution >= 0.6 is 0 Å². The van der Waals surface area contributed by atoms with Gasteiger partial charge in [-0.2, -0.15) is 0 Å². The molecule has 0 heteroatoms. The lowest BCUT2D eigenvalue weighted by molar-refractivity contribution is 0.483. The van der Waals surface area contributed by atoms with Crippen LogP contribution in [-0.4, -0.2) is 0 Å². The SMILES string of the molecule is c1ccc(-c2ccc(C(c3ccc(-c4ccccc4)cc3)C3CCCC3)cc2)cc1. The summed E-state index contributed by atoms with van der Waals surface area (Å²) < 4.78 is 0. The lowest BCUT2D eigenvalue weighted by Gasteiger charge is -2.25. The van der Waals surface area contributed by atoms with E-state index >= 15 is 0 Å². The molecule has 1 aliphatic carbocycles. The third-order valence-corrected chi connectivity index (χ3v) is 6.63. The van der Waals surface area contributed by atoms with Crippen molar-refractivity contribution in [1.82, 2.24) is 0 Å². The molecular weight excluding hydrogens is 360 g/mol. The Balaban J connectivity index is 1.47. The Labute approximate surface area is 180 Å². The fourth-order valence-corrected chi connectivity index (χ4v) is 5.05. The van der Waals surface area contributed by atoms with Crippen molar-refractivity contribution in [3.8, 4) is 22.3 Å². The summed E-state index contributed by atoms with van der Waals surface area (Å²) in [5.41, 5.74) is 8.07. The molecule has 0 unspecified atom stereocenters. The monoisotopic (exact) mass is 388 g/mol. The molecule has 0 amide bonds. The Morgan fingerprint density at radius 3 is 1.20 bits per heavy atom. The van der Waals surface area contributed by atoms with Gasteiger partial charge in [0.15, 0.2) is 0 Å². The highest BCUT2D eigenvalue weighted by atomic mass is 14.3. The zero-order chi connectivity index (χ0) is 20.2. The van der Waals surface area contributed by atoms with Gasteiger partial charge in [0.25, 0.3) is 0 Å². The molecule has 0 aliphatic heterocycles. The van der Waals surface area contributed by atoms with Crippen molar-refractivity contribution >= 4 is 0 Å². The zero-order valence-corrected chi connectivity index (χ0v) is 17.4. The van der Waals surface area contributed by atoms with E-state index in [4.69, 9.17) is 0 Å². The van der Waals surface area contributed by atoms with Crippen LogP contribution in [-0.2, 0) is 0 Å². The highest BCUT2D eigenvalue weighted by Gasteiger charge is 2.27. The lowest BCUT2D eigenvalue weighted by atomic mass is 9.79. The van der Waals surface area contributed by atoms with Gasteiger partial charge in [-0.15, -0.1) is 0 Å². The third kappa shape index (κ3) is 3.96. The summed E-state index contributed by atoms with van der Waals surface area (Å²) in [6, 6.07) is 40.0. The smallest absolute Gasteiger partial charge is 0.0118 e. The number of hydrogen-bond acceptors (Lipinski definition) is 0. The van der Waals surface area contributed by atoms with Crippen LogP contribution < -0.4 is 0 Å². The minimum atomic E-state index is 0.488. The van der Waals surface area contributed by atoms with Gasteiger partial charge in [-0.3, -0.25) is 0 Å². The fourth-order valence-electron chi connectivity index (χ4n) is 5.05. The maximum absolute atomic E-state index is 2.36. The van der Waals surface area contributed by atoms with Gasteiger partial charge in [-0.1, -0.05) is 122 Å². The summed E-state index contributed by atoms with van der Waals surface area (Å²) in [7, 11) is 0. The maximum Gasteiger partial charge on any atom is 0.0118 e. The van der Waals surface area contributed by atoms with Crippen LogP contribution in [0.15, 0.2) is 109 Å². The van der Waals surface area contributed by atoms with Gasteiger partial charge in [0, 0.05) is 5.92 Å². The van der Waals surface area contributed by atoms with Crippen molar-refractivity contribution in [3.63, 3.8) is 0 Å². The topological polar surface area (TPSA) is 0 Å². The molecule has 0 atom stereocenters. The first kappa shape index (κ1) is 18.9. The van der Waals surface area contributed by atoms with E-state index in [9.17, 15) is 0 Å². The van der Waals surface area contributed by atoms with Gasteiger partial charge < -0.3 is 0 Å². The predicted molar refractivity (Wildman–Crippen MR) is 128 cm³/mol. The van der Waals surface area contributed by atoms with E-state index in [2.05, 4.69) is 109 Å². The van der Waals surface area contributed by atoms with E-state index in [0.29, 0.717) is 5.92 Å². The first-order valence-electron chi connectivity index (χ1n) is 11.2. The molecule has 0 aromatic heterocycles. The second-order valence-electron chi connectivity index (χ2n) is 8.50. The van der Waals surface area contributed by atoms with Gasteiger partial charge in [-0.05, 0) is 52.1 Å². The van der Waals surface area contributed by atoms with Crippen LogP contribution in [0.4, 0.5) is 0 Å². The first-order valence-corrected chi connectivity index (χ1v) is 11.2. The summed E-state index contributed by atoms with van der Waals surface area (Å²) >= 11 is 0. The lowest BCUT2D eigenvalue weighted by Crippen LogP contribution is -2.11. The molecular formula is C30H28. The molecule has 1 fully saturated rings. The molecule has 1 saturated carbocycles. The molecule has 0 radical (unpaired) electrons. The van der Waals surface area contributed by atoms with Crippen molar-refractivity contribution in [3.05, 3.63) is 120 Å². The molecule has 148 valence electrons.